The Morgan fingerprint density at radius 2 is 1.14 bits per heavy atom. The Kier molecular flexibility index (Phi) is 2.92. The van der Waals surface area contributed by atoms with Crippen molar-refractivity contribution in [1.29, 1.82) is 0 Å². The molecule has 0 saturated heterocycles. The molecule has 4 heteroatoms. The first kappa shape index (κ1) is 12.1. The fraction of sp³-hybridized carbons (Fsp3) is 0.176. The molecule has 0 radical (unpaired) electrons. The number of hydrogen-bond donors (Lipinski definition) is 0. The van der Waals surface area contributed by atoms with Crippen molar-refractivity contribution in [2.45, 2.75) is 19.5 Å². The summed E-state index contributed by atoms with van der Waals surface area (Å²) in [6.07, 6.45) is 4.91. The van der Waals surface area contributed by atoms with Gasteiger partial charge in [0.15, 0.2) is 0 Å². The molecule has 0 atom stereocenters. The summed E-state index contributed by atoms with van der Waals surface area (Å²) in [5, 5.41) is 0. The van der Waals surface area contributed by atoms with Crippen molar-refractivity contribution in [1.82, 2.24) is 19.1 Å². The van der Waals surface area contributed by atoms with Crippen LogP contribution in [0.1, 0.15) is 6.42 Å². The molecule has 0 spiro atoms. The third-order valence-corrected chi connectivity index (χ3v) is 3.85. The number of aromatic nitrogens is 4. The molecule has 0 aliphatic carbocycles. The van der Waals surface area contributed by atoms with Crippen molar-refractivity contribution in [3.63, 3.8) is 0 Å². The highest BCUT2D eigenvalue weighted by molar-refractivity contribution is 5.75. The van der Waals surface area contributed by atoms with E-state index < -0.39 is 0 Å². The highest BCUT2D eigenvalue weighted by Crippen LogP contribution is 2.14. The van der Waals surface area contributed by atoms with E-state index in [-0.39, 0.29) is 0 Å². The second kappa shape index (κ2) is 5.05. The average Bonchev–Trinajstić information content (AvgIpc) is 3.13. The number of fused-ring (bicyclic) bond motifs is 2. The van der Waals surface area contributed by atoms with Crippen molar-refractivity contribution in [2.24, 2.45) is 0 Å². The lowest BCUT2D eigenvalue weighted by Crippen LogP contribution is -2.02. The smallest absolute Gasteiger partial charge is 0.0958 e. The van der Waals surface area contributed by atoms with Crippen LogP contribution < -0.4 is 0 Å². The number of para-hydroxylation sites is 4. The van der Waals surface area contributed by atoms with Crippen LogP contribution in [0.5, 0.6) is 0 Å². The van der Waals surface area contributed by atoms with Gasteiger partial charge in [0.2, 0.25) is 0 Å². The second-order valence-electron chi connectivity index (χ2n) is 5.21. The number of nitrogens with zero attached hydrogens (tertiary/aromatic N) is 4. The molecular formula is C17H16N4. The van der Waals surface area contributed by atoms with Gasteiger partial charge in [0.1, 0.15) is 0 Å². The van der Waals surface area contributed by atoms with Gasteiger partial charge >= 0.3 is 0 Å². The van der Waals surface area contributed by atoms with E-state index in [0.29, 0.717) is 0 Å². The van der Waals surface area contributed by atoms with Crippen molar-refractivity contribution >= 4 is 22.1 Å². The lowest BCUT2D eigenvalue weighted by molar-refractivity contribution is 0.580. The molecule has 4 nitrogen and oxygen atoms in total. The quantitative estimate of drug-likeness (QED) is 0.572. The van der Waals surface area contributed by atoms with Crippen LogP contribution in [0.2, 0.25) is 0 Å². The van der Waals surface area contributed by atoms with Crippen LogP contribution in [0.15, 0.2) is 61.2 Å². The monoisotopic (exact) mass is 276 g/mol. The van der Waals surface area contributed by atoms with E-state index in [4.69, 9.17) is 0 Å². The molecule has 2 heterocycles. The van der Waals surface area contributed by atoms with Gasteiger partial charge in [-0.15, -0.1) is 0 Å². The Morgan fingerprint density at radius 3 is 1.67 bits per heavy atom. The van der Waals surface area contributed by atoms with Crippen molar-refractivity contribution < 1.29 is 0 Å². The molecule has 0 aliphatic rings. The molecule has 21 heavy (non-hydrogen) atoms. The van der Waals surface area contributed by atoms with Gasteiger partial charge in [-0.05, 0) is 30.7 Å². The van der Waals surface area contributed by atoms with Gasteiger partial charge in [0.05, 0.1) is 34.7 Å². The Hall–Kier alpha value is -2.62. The molecule has 0 bridgehead atoms. The Morgan fingerprint density at radius 1 is 0.667 bits per heavy atom. The Balaban J connectivity index is 1.50. The predicted octanol–water partition coefficient (Wildman–Crippen LogP) is 3.48. The summed E-state index contributed by atoms with van der Waals surface area (Å²) in [6, 6.07) is 16.5. The summed E-state index contributed by atoms with van der Waals surface area (Å²) < 4.78 is 4.43. The first-order chi connectivity index (χ1) is 10.4. The number of hydrogen-bond acceptors (Lipinski definition) is 2. The highest BCUT2D eigenvalue weighted by atomic mass is 15.1. The number of benzene rings is 2. The first-order valence-corrected chi connectivity index (χ1v) is 7.21. The second-order valence-corrected chi connectivity index (χ2v) is 5.21. The standard InChI is InChI=1S/C17H16N4/c1-3-8-16-14(6-1)18-12-20(16)10-5-11-21-13-19-15-7-2-4-9-17(15)21/h1-4,6-9,12-13H,5,10-11H2. The minimum Gasteiger partial charge on any atom is -0.331 e. The van der Waals surface area contributed by atoms with E-state index in [2.05, 4.69) is 55.5 Å². The SMILES string of the molecule is c1ccc2c(c1)ncn2CCCn1cnc2ccccc21. The lowest BCUT2D eigenvalue weighted by atomic mass is 10.3. The third kappa shape index (κ3) is 2.18. The van der Waals surface area contributed by atoms with Crippen LogP contribution in [0.3, 0.4) is 0 Å². The maximum atomic E-state index is 4.43. The normalized spacial score (nSPS) is 11.4. The summed E-state index contributed by atoms with van der Waals surface area (Å²) in [6.45, 7) is 1.93. The van der Waals surface area contributed by atoms with Gasteiger partial charge < -0.3 is 9.13 Å². The van der Waals surface area contributed by atoms with Gasteiger partial charge in [-0.1, -0.05) is 24.3 Å². The van der Waals surface area contributed by atoms with Crippen LogP contribution in [0, 0.1) is 0 Å². The van der Waals surface area contributed by atoms with E-state index in [9.17, 15) is 0 Å². The summed E-state index contributed by atoms with van der Waals surface area (Å²) in [4.78, 5) is 8.86. The fourth-order valence-electron chi connectivity index (χ4n) is 2.79. The van der Waals surface area contributed by atoms with E-state index in [1.165, 1.54) is 11.0 Å². The number of rotatable bonds is 4. The third-order valence-electron chi connectivity index (χ3n) is 3.85. The van der Waals surface area contributed by atoms with E-state index >= 15 is 0 Å². The summed E-state index contributed by atoms with van der Waals surface area (Å²) in [5.41, 5.74) is 4.53. The molecule has 0 amide bonds. The summed E-state index contributed by atoms with van der Waals surface area (Å²) in [5.74, 6) is 0. The van der Waals surface area contributed by atoms with Crippen LogP contribution in [0.4, 0.5) is 0 Å². The van der Waals surface area contributed by atoms with Crippen LogP contribution in [-0.4, -0.2) is 19.1 Å². The predicted molar refractivity (Wildman–Crippen MR) is 84.1 cm³/mol. The van der Waals surface area contributed by atoms with E-state index in [1.807, 2.05) is 24.8 Å². The fourth-order valence-corrected chi connectivity index (χ4v) is 2.79. The molecule has 0 saturated carbocycles. The maximum Gasteiger partial charge on any atom is 0.0958 e. The zero-order valence-electron chi connectivity index (χ0n) is 11.7. The van der Waals surface area contributed by atoms with Crippen molar-refractivity contribution in [2.75, 3.05) is 0 Å². The largest absolute Gasteiger partial charge is 0.331 e. The zero-order valence-corrected chi connectivity index (χ0v) is 11.7. The first-order valence-electron chi connectivity index (χ1n) is 7.21. The molecule has 104 valence electrons. The summed E-state index contributed by atoms with van der Waals surface area (Å²) >= 11 is 0. The number of aryl methyl sites for hydroxylation is 2. The Bertz CT molecular complexity index is 814. The molecule has 4 aromatic rings. The average molecular weight is 276 g/mol. The molecule has 0 N–H and O–H groups in total. The van der Waals surface area contributed by atoms with Crippen molar-refractivity contribution in [3.8, 4) is 0 Å². The zero-order chi connectivity index (χ0) is 14.1. The topological polar surface area (TPSA) is 35.6 Å². The van der Waals surface area contributed by atoms with Crippen molar-refractivity contribution in [3.05, 3.63) is 61.2 Å². The van der Waals surface area contributed by atoms with Gasteiger partial charge in [-0.3, -0.25) is 0 Å². The number of imidazole rings is 2. The summed E-state index contributed by atoms with van der Waals surface area (Å²) in [7, 11) is 0. The Labute approximate surface area is 122 Å². The molecule has 0 fully saturated rings. The van der Waals surface area contributed by atoms with Gasteiger partial charge in [-0.25, -0.2) is 9.97 Å². The lowest BCUT2D eigenvalue weighted by Gasteiger charge is -2.06. The molecule has 2 aromatic carbocycles. The van der Waals surface area contributed by atoms with E-state index in [1.54, 1.807) is 0 Å². The molecule has 0 aliphatic heterocycles. The molecule has 2 aromatic heterocycles. The van der Waals surface area contributed by atoms with Crippen LogP contribution >= 0.6 is 0 Å². The minimum atomic E-state index is 0.965. The van der Waals surface area contributed by atoms with E-state index in [0.717, 1.165) is 30.5 Å². The van der Waals surface area contributed by atoms with Gasteiger partial charge in [0, 0.05) is 13.1 Å². The van der Waals surface area contributed by atoms with Crippen LogP contribution in [0.25, 0.3) is 22.1 Å². The molecular weight excluding hydrogens is 260 g/mol. The molecule has 4 rings (SSSR count). The van der Waals surface area contributed by atoms with Gasteiger partial charge in [0.25, 0.3) is 0 Å². The maximum absolute atomic E-state index is 4.43. The highest BCUT2D eigenvalue weighted by Gasteiger charge is 2.03. The van der Waals surface area contributed by atoms with Crippen LogP contribution in [-0.2, 0) is 13.1 Å². The molecule has 0 unspecified atom stereocenters. The minimum absolute atomic E-state index is 0.965. The van der Waals surface area contributed by atoms with Gasteiger partial charge in [-0.2, -0.15) is 0 Å².